The van der Waals surface area contributed by atoms with E-state index in [2.05, 4.69) is 5.32 Å². The summed E-state index contributed by atoms with van der Waals surface area (Å²) in [6.07, 6.45) is 0. The van der Waals surface area contributed by atoms with Crippen LogP contribution in [0, 0.1) is 13.8 Å². The molecule has 0 atom stereocenters. The normalized spacial score (nSPS) is 12.8. The summed E-state index contributed by atoms with van der Waals surface area (Å²) in [6.45, 7) is 2.41. The van der Waals surface area contributed by atoms with Crippen LogP contribution in [-0.2, 0) is 14.3 Å². The Morgan fingerprint density at radius 1 is 0.871 bits per heavy atom. The van der Waals surface area contributed by atoms with E-state index >= 15 is 0 Å². The van der Waals surface area contributed by atoms with Crippen molar-refractivity contribution in [2.24, 2.45) is 0 Å². The number of hydrogen-bond acceptors (Lipinski definition) is 5. The van der Waals surface area contributed by atoms with Gasteiger partial charge in [0, 0.05) is 5.69 Å². The van der Waals surface area contributed by atoms with Crippen molar-refractivity contribution in [2.45, 2.75) is 13.8 Å². The number of fused-ring (bicyclic) bond motifs is 1. The van der Waals surface area contributed by atoms with Crippen molar-refractivity contribution in [1.29, 1.82) is 0 Å². The number of halogens is 4. The zero-order chi connectivity index (χ0) is 23.0. The second kappa shape index (κ2) is 9.04. The topological polar surface area (TPSA) is 92.8 Å². The average molecular weight is 504 g/mol. The summed E-state index contributed by atoms with van der Waals surface area (Å²) in [6, 6.07) is 5.46. The maximum atomic E-state index is 12.6. The quantitative estimate of drug-likeness (QED) is 0.276. The van der Waals surface area contributed by atoms with Crippen LogP contribution >= 0.6 is 46.4 Å². The molecule has 1 heterocycles. The predicted octanol–water partition coefficient (Wildman–Crippen LogP) is 4.69. The molecule has 0 aromatic heterocycles. The third-order valence-electron chi connectivity index (χ3n) is 4.34. The average Bonchev–Trinajstić information content (AvgIpc) is 2.93. The molecular weight excluding hydrogens is 490 g/mol. The fraction of sp³-hybridized carbons (Fsp3) is 0.200. The first-order chi connectivity index (χ1) is 14.5. The van der Waals surface area contributed by atoms with Gasteiger partial charge in [0.15, 0.2) is 6.61 Å². The van der Waals surface area contributed by atoms with Gasteiger partial charge in [0.2, 0.25) is 0 Å². The first-order valence-electron chi connectivity index (χ1n) is 8.77. The number of esters is 1. The molecule has 3 amide bonds. The van der Waals surface area contributed by atoms with Crippen LogP contribution in [0.2, 0.25) is 20.1 Å². The van der Waals surface area contributed by atoms with Gasteiger partial charge in [-0.3, -0.25) is 24.1 Å². The Bertz CT molecular complexity index is 1080. The summed E-state index contributed by atoms with van der Waals surface area (Å²) >= 11 is 23.9. The molecule has 2 aromatic rings. The Balaban J connectivity index is 1.65. The van der Waals surface area contributed by atoms with Crippen molar-refractivity contribution in [2.75, 3.05) is 18.5 Å². The van der Waals surface area contributed by atoms with Crippen LogP contribution in [0.5, 0.6) is 0 Å². The van der Waals surface area contributed by atoms with E-state index in [-0.39, 0.29) is 31.2 Å². The number of nitrogens with zero attached hydrogens (tertiary/aromatic N) is 1. The highest BCUT2D eigenvalue weighted by atomic mass is 35.5. The molecule has 0 saturated heterocycles. The van der Waals surface area contributed by atoms with Gasteiger partial charge in [-0.05, 0) is 37.1 Å². The zero-order valence-electron chi connectivity index (χ0n) is 16.1. The lowest BCUT2D eigenvalue weighted by Gasteiger charge is -2.13. The van der Waals surface area contributed by atoms with Crippen LogP contribution in [0.1, 0.15) is 31.8 Å². The van der Waals surface area contributed by atoms with Crippen LogP contribution in [-0.4, -0.2) is 41.7 Å². The Hall–Kier alpha value is -2.32. The Morgan fingerprint density at radius 2 is 1.35 bits per heavy atom. The molecule has 0 aliphatic carbocycles. The van der Waals surface area contributed by atoms with Gasteiger partial charge >= 0.3 is 5.97 Å². The van der Waals surface area contributed by atoms with Gasteiger partial charge in [-0.15, -0.1) is 0 Å². The van der Waals surface area contributed by atoms with Gasteiger partial charge in [0.05, 0.1) is 31.2 Å². The summed E-state index contributed by atoms with van der Waals surface area (Å²) < 4.78 is 4.89. The highest BCUT2D eigenvalue weighted by Gasteiger charge is 2.42. The van der Waals surface area contributed by atoms with E-state index in [0.29, 0.717) is 10.6 Å². The summed E-state index contributed by atoms with van der Waals surface area (Å²) in [5, 5.41) is 1.76. The molecule has 31 heavy (non-hydrogen) atoms. The minimum atomic E-state index is -0.977. The summed E-state index contributed by atoms with van der Waals surface area (Å²) in [4.78, 5) is 50.0. The van der Waals surface area contributed by atoms with Gasteiger partial charge in [0.25, 0.3) is 17.7 Å². The molecule has 3 rings (SSSR count). The van der Waals surface area contributed by atoms with Gasteiger partial charge in [-0.25, -0.2) is 0 Å². The third kappa shape index (κ3) is 4.65. The molecule has 0 bridgehead atoms. The van der Waals surface area contributed by atoms with Crippen LogP contribution in [0.25, 0.3) is 0 Å². The largest absolute Gasteiger partial charge is 0.454 e. The molecule has 11 heteroatoms. The number of imide groups is 1. The Morgan fingerprint density at radius 3 is 1.84 bits per heavy atom. The van der Waals surface area contributed by atoms with Gasteiger partial charge in [0.1, 0.15) is 6.54 Å². The van der Waals surface area contributed by atoms with E-state index in [1.165, 1.54) is 0 Å². The van der Waals surface area contributed by atoms with E-state index in [4.69, 9.17) is 51.1 Å². The Labute approximate surface area is 197 Å². The van der Waals surface area contributed by atoms with E-state index in [0.717, 1.165) is 11.1 Å². The van der Waals surface area contributed by atoms with Crippen LogP contribution in [0.4, 0.5) is 5.69 Å². The van der Waals surface area contributed by atoms with Crippen molar-refractivity contribution < 1.29 is 23.9 Å². The first kappa shape index (κ1) is 23.3. The van der Waals surface area contributed by atoms with Crippen LogP contribution < -0.4 is 5.32 Å². The molecule has 0 fully saturated rings. The van der Waals surface area contributed by atoms with E-state index in [1.54, 1.807) is 12.1 Å². The van der Waals surface area contributed by atoms with Gasteiger partial charge < -0.3 is 10.1 Å². The number of aryl methyl sites for hydroxylation is 2. The summed E-state index contributed by atoms with van der Waals surface area (Å²) in [7, 11) is 0. The number of ether oxygens (including phenoxy) is 1. The van der Waals surface area contributed by atoms with Crippen LogP contribution in [0.3, 0.4) is 0 Å². The lowest BCUT2D eigenvalue weighted by Crippen LogP contribution is -2.36. The molecule has 1 aliphatic rings. The van der Waals surface area contributed by atoms with Gasteiger partial charge in [-0.1, -0.05) is 52.5 Å². The molecular formula is C20H14Cl4N2O5. The lowest BCUT2D eigenvalue weighted by molar-refractivity contribution is -0.147. The molecule has 0 spiro atoms. The molecule has 7 nitrogen and oxygen atoms in total. The number of anilines is 1. The van der Waals surface area contributed by atoms with E-state index < -0.39 is 36.8 Å². The van der Waals surface area contributed by atoms with Crippen molar-refractivity contribution in [1.82, 2.24) is 4.90 Å². The summed E-state index contributed by atoms with van der Waals surface area (Å²) in [5.41, 5.74) is 1.97. The molecule has 2 aromatic carbocycles. The maximum Gasteiger partial charge on any atom is 0.326 e. The van der Waals surface area contributed by atoms with Crippen molar-refractivity contribution in [3.63, 3.8) is 0 Å². The van der Waals surface area contributed by atoms with E-state index in [1.807, 2.05) is 19.9 Å². The SMILES string of the molecule is Cc1cc(C)cc(NC(=O)COC(=O)CN2C(=O)c3c(Cl)c(Cl)c(Cl)c(Cl)c3C2=O)c1. The minimum Gasteiger partial charge on any atom is -0.454 e. The molecule has 1 aliphatic heterocycles. The fourth-order valence-electron chi connectivity index (χ4n) is 3.10. The molecule has 0 radical (unpaired) electrons. The second-order valence-corrected chi connectivity index (χ2v) is 8.30. The number of amides is 3. The standard InChI is InChI=1S/C20H14Cl4N2O5/c1-8-3-9(2)5-10(4-8)25-11(27)7-31-12(28)6-26-19(29)13-14(20(26)30)16(22)18(24)17(23)15(13)21/h3-5H,6-7H2,1-2H3,(H,25,27). The number of benzene rings is 2. The number of carbonyl (C=O) groups excluding carboxylic acids is 4. The number of nitrogens with one attached hydrogen (secondary N) is 1. The maximum absolute atomic E-state index is 12.6. The van der Waals surface area contributed by atoms with Crippen molar-refractivity contribution in [3.8, 4) is 0 Å². The second-order valence-electron chi connectivity index (χ2n) is 6.79. The van der Waals surface area contributed by atoms with Crippen molar-refractivity contribution >= 4 is 75.8 Å². The van der Waals surface area contributed by atoms with Crippen LogP contribution in [0.15, 0.2) is 18.2 Å². The molecule has 0 saturated carbocycles. The smallest absolute Gasteiger partial charge is 0.326 e. The fourth-order valence-corrected chi connectivity index (χ4v) is 4.12. The highest BCUT2D eigenvalue weighted by molar-refractivity contribution is 6.55. The lowest BCUT2D eigenvalue weighted by atomic mass is 10.1. The zero-order valence-corrected chi connectivity index (χ0v) is 19.2. The molecule has 162 valence electrons. The highest BCUT2D eigenvalue weighted by Crippen LogP contribution is 2.44. The molecule has 0 unspecified atom stereocenters. The van der Waals surface area contributed by atoms with Crippen molar-refractivity contribution in [3.05, 3.63) is 60.5 Å². The van der Waals surface area contributed by atoms with Gasteiger partial charge in [-0.2, -0.15) is 0 Å². The number of hydrogen-bond donors (Lipinski definition) is 1. The number of rotatable bonds is 5. The Kier molecular flexibility index (Phi) is 6.81. The van der Waals surface area contributed by atoms with E-state index in [9.17, 15) is 19.2 Å². The number of carbonyl (C=O) groups is 4. The summed E-state index contributed by atoms with van der Waals surface area (Å²) in [5.74, 6) is -3.30. The predicted molar refractivity (Wildman–Crippen MR) is 117 cm³/mol. The third-order valence-corrected chi connectivity index (χ3v) is 6.14. The first-order valence-corrected chi connectivity index (χ1v) is 10.3. The minimum absolute atomic E-state index is 0.180. The monoisotopic (exact) mass is 502 g/mol. The molecule has 1 N–H and O–H groups in total.